The fraction of sp³-hybridized carbons (Fsp3) is 0.217. The first-order valence-corrected chi connectivity index (χ1v) is 10.9. The maximum Gasteiger partial charge on any atom is 0.332 e. The Balaban J connectivity index is 1.92. The van der Waals surface area contributed by atoms with E-state index in [1.165, 1.54) is 49.7 Å². The first-order valence-electron chi connectivity index (χ1n) is 9.91. The molecule has 10 heteroatoms. The van der Waals surface area contributed by atoms with Crippen LogP contribution in [0.1, 0.15) is 5.56 Å². The van der Waals surface area contributed by atoms with Crippen LogP contribution in [0.2, 0.25) is 0 Å². The summed E-state index contributed by atoms with van der Waals surface area (Å²) in [5.74, 6) is 1.38. The number of methoxy groups -OCH3 is 2. The fourth-order valence-corrected chi connectivity index (χ4v) is 4.37. The van der Waals surface area contributed by atoms with Crippen molar-refractivity contribution in [3.8, 4) is 22.9 Å². The summed E-state index contributed by atoms with van der Waals surface area (Å²) >= 11 is 1.27. The highest BCUT2D eigenvalue weighted by atomic mass is 32.2. The van der Waals surface area contributed by atoms with E-state index in [9.17, 15) is 14.0 Å². The van der Waals surface area contributed by atoms with Gasteiger partial charge >= 0.3 is 5.69 Å². The van der Waals surface area contributed by atoms with Crippen LogP contribution in [0.25, 0.3) is 22.4 Å². The van der Waals surface area contributed by atoms with Gasteiger partial charge in [0.25, 0.3) is 5.56 Å². The van der Waals surface area contributed by atoms with Gasteiger partial charge in [-0.2, -0.15) is 0 Å². The van der Waals surface area contributed by atoms with Crippen LogP contribution in [0, 0.1) is 5.82 Å². The number of ether oxygens (including phenoxy) is 2. The molecule has 0 aliphatic rings. The Hall–Kier alpha value is -3.66. The lowest BCUT2D eigenvalue weighted by molar-refractivity contribution is 0.355. The van der Waals surface area contributed by atoms with Gasteiger partial charge < -0.3 is 9.47 Å². The van der Waals surface area contributed by atoms with E-state index >= 15 is 0 Å². The van der Waals surface area contributed by atoms with Crippen molar-refractivity contribution in [1.82, 2.24) is 19.1 Å². The van der Waals surface area contributed by atoms with E-state index in [1.54, 1.807) is 37.4 Å². The molecule has 170 valence electrons. The van der Waals surface area contributed by atoms with Crippen LogP contribution < -0.4 is 20.7 Å². The summed E-state index contributed by atoms with van der Waals surface area (Å²) in [7, 11) is 6.03. The number of nitrogens with zero attached hydrogens (tertiary/aromatic N) is 4. The molecule has 2 aromatic carbocycles. The normalized spacial score (nSPS) is 11.1. The summed E-state index contributed by atoms with van der Waals surface area (Å²) in [5, 5.41) is 0.621. The third-order valence-corrected chi connectivity index (χ3v) is 6.22. The van der Waals surface area contributed by atoms with Gasteiger partial charge in [0.05, 0.1) is 14.2 Å². The topological polar surface area (TPSA) is 88.2 Å². The molecule has 0 N–H and O–H groups in total. The average molecular weight is 469 g/mol. The molecule has 0 radical (unpaired) electrons. The number of thioether (sulfide) groups is 1. The fourth-order valence-electron chi connectivity index (χ4n) is 3.42. The van der Waals surface area contributed by atoms with Crippen LogP contribution in [0.5, 0.6) is 11.5 Å². The maximum atomic E-state index is 13.6. The standard InChI is InChI=1S/C23H21FN4O4S/c1-27-20-18(22(29)28(2)23(27)30)21(33-12-13-6-5-7-15(24)10-13)26-19(25-20)14-8-9-16(31-3)17(11-14)32-4/h5-11H,12H2,1-4H3. The minimum absolute atomic E-state index is 0.213. The Kier molecular flexibility index (Phi) is 6.19. The zero-order valence-electron chi connectivity index (χ0n) is 18.5. The lowest BCUT2D eigenvalue weighted by Gasteiger charge is -2.13. The molecule has 0 aliphatic heterocycles. The van der Waals surface area contributed by atoms with Gasteiger partial charge in [0.1, 0.15) is 16.2 Å². The number of benzene rings is 2. The summed E-state index contributed by atoms with van der Waals surface area (Å²) in [6.45, 7) is 0. The van der Waals surface area contributed by atoms with E-state index in [2.05, 4.69) is 9.97 Å². The van der Waals surface area contributed by atoms with E-state index < -0.39 is 11.2 Å². The Labute approximate surface area is 192 Å². The number of aryl methyl sites for hydroxylation is 1. The van der Waals surface area contributed by atoms with E-state index in [-0.39, 0.29) is 16.9 Å². The Morgan fingerprint density at radius 3 is 2.42 bits per heavy atom. The summed E-state index contributed by atoms with van der Waals surface area (Å²) < 4.78 is 26.6. The van der Waals surface area contributed by atoms with Gasteiger partial charge in [-0.3, -0.25) is 13.9 Å². The number of halogens is 1. The molecule has 2 aromatic heterocycles. The largest absolute Gasteiger partial charge is 0.493 e. The van der Waals surface area contributed by atoms with Crippen molar-refractivity contribution in [2.24, 2.45) is 14.1 Å². The first-order chi connectivity index (χ1) is 15.8. The van der Waals surface area contributed by atoms with Crippen molar-refractivity contribution in [1.29, 1.82) is 0 Å². The number of hydrogen-bond acceptors (Lipinski definition) is 7. The van der Waals surface area contributed by atoms with Crippen molar-refractivity contribution >= 4 is 22.8 Å². The van der Waals surface area contributed by atoms with Crippen LogP contribution in [-0.2, 0) is 19.8 Å². The van der Waals surface area contributed by atoms with Crippen LogP contribution >= 0.6 is 11.8 Å². The highest BCUT2D eigenvalue weighted by Crippen LogP contribution is 2.33. The SMILES string of the molecule is COc1ccc(-c2nc(SCc3cccc(F)c3)c3c(=O)n(C)c(=O)n(C)c3n2)cc1OC. The lowest BCUT2D eigenvalue weighted by atomic mass is 10.2. The van der Waals surface area contributed by atoms with E-state index in [0.29, 0.717) is 33.7 Å². The third-order valence-electron chi connectivity index (χ3n) is 5.17. The molecule has 0 amide bonds. The number of aromatic nitrogens is 4. The van der Waals surface area contributed by atoms with Gasteiger partial charge in [-0.15, -0.1) is 11.8 Å². The second kappa shape index (κ2) is 9.07. The molecule has 0 atom stereocenters. The van der Waals surface area contributed by atoms with Crippen LogP contribution in [0.4, 0.5) is 4.39 Å². The Bertz CT molecular complexity index is 1480. The minimum atomic E-state index is -0.495. The predicted molar refractivity (Wildman–Crippen MR) is 125 cm³/mol. The maximum absolute atomic E-state index is 13.6. The van der Waals surface area contributed by atoms with Gasteiger partial charge in [0.2, 0.25) is 0 Å². The summed E-state index contributed by atoms with van der Waals surface area (Å²) in [6.07, 6.45) is 0. The molecular weight excluding hydrogens is 447 g/mol. The lowest BCUT2D eigenvalue weighted by Crippen LogP contribution is -2.37. The molecule has 0 unspecified atom stereocenters. The van der Waals surface area contributed by atoms with Crippen molar-refractivity contribution in [2.45, 2.75) is 10.8 Å². The monoisotopic (exact) mass is 468 g/mol. The Morgan fingerprint density at radius 2 is 1.73 bits per heavy atom. The van der Waals surface area contributed by atoms with E-state index in [1.807, 2.05) is 0 Å². The predicted octanol–water partition coefficient (Wildman–Crippen LogP) is 3.14. The molecule has 0 saturated heterocycles. The van der Waals surface area contributed by atoms with Crippen LogP contribution in [0.3, 0.4) is 0 Å². The second-order valence-electron chi connectivity index (χ2n) is 7.25. The molecule has 2 heterocycles. The molecular formula is C23H21FN4O4S. The molecule has 4 aromatic rings. The van der Waals surface area contributed by atoms with Gasteiger partial charge in [-0.05, 0) is 35.9 Å². The second-order valence-corrected chi connectivity index (χ2v) is 8.21. The molecule has 4 rings (SSSR count). The smallest absolute Gasteiger partial charge is 0.332 e. The molecule has 0 saturated carbocycles. The zero-order chi connectivity index (χ0) is 23.7. The number of rotatable bonds is 6. The highest BCUT2D eigenvalue weighted by Gasteiger charge is 2.19. The van der Waals surface area contributed by atoms with Gasteiger partial charge in [-0.25, -0.2) is 19.2 Å². The highest BCUT2D eigenvalue weighted by molar-refractivity contribution is 7.98. The minimum Gasteiger partial charge on any atom is -0.493 e. The van der Waals surface area contributed by atoms with E-state index in [0.717, 1.165) is 10.1 Å². The van der Waals surface area contributed by atoms with Crippen LogP contribution in [-0.4, -0.2) is 33.3 Å². The molecule has 33 heavy (non-hydrogen) atoms. The third kappa shape index (κ3) is 4.21. The molecule has 0 fully saturated rings. The quantitative estimate of drug-likeness (QED) is 0.317. The first kappa shape index (κ1) is 22.5. The van der Waals surface area contributed by atoms with Gasteiger partial charge in [0, 0.05) is 25.4 Å². The summed E-state index contributed by atoms with van der Waals surface area (Å²) in [5.41, 5.74) is 0.584. The Morgan fingerprint density at radius 1 is 0.970 bits per heavy atom. The van der Waals surface area contributed by atoms with E-state index in [4.69, 9.17) is 9.47 Å². The summed E-state index contributed by atoms with van der Waals surface area (Å²) in [6, 6.07) is 11.4. The molecule has 0 aliphatic carbocycles. The molecule has 8 nitrogen and oxygen atoms in total. The van der Waals surface area contributed by atoms with Crippen molar-refractivity contribution in [3.05, 3.63) is 74.7 Å². The number of fused-ring (bicyclic) bond motifs is 1. The summed E-state index contributed by atoms with van der Waals surface area (Å²) in [4.78, 5) is 34.7. The zero-order valence-corrected chi connectivity index (χ0v) is 19.3. The molecule has 0 spiro atoms. The van der Waals surface area contributed by atoms with Crippen LogP contribution in [0.15, 0.2) is 57.1 Å². The van der Waals surface area contributed by atoms with Crippen molar-refractivity contribution < 1.29 is 13.9 Å². The van der Waals surface area contributed by atoms with Crippen molar-refractivity contribution in [3.63, 3.8) is 0 Å². The average Bonchev–Trinajstić information content (AvgIpc) is 2.83. The van der Waals surface area contributed by atoms with Crippen molar-refractivity contribution in [2.75, 3.05) is 14.2 Å². The number of hydrogen-bond donors (Lipinski definition) is 0. The van der Waals surface area contributed by atoms with Gasteiger partial charge in [0.15, 0.2) is 23.0 Å². The molecule has 0 bridgehead atoms. The van der Waals surface area contributed by atoms with Gasteiger partial charge in [-0.1, -0.05) is 12.1 Å².